The Morgan fingerprint density at radius 3 is 2.28 bits per heavy atom. The van der Waals surface area contributed by atoms with Crippen molar-refractivity contribution in [2.75, 3.05) is 0 Å². The first-order chi connectivity index (χ1) is 8.54. The van der Waals surface area contributed by atoms with Crippen LogP contribution >= 0.6 is 0 Å². The van der Waals surface area contributed by atoms with Gasteiger partial charge in [-0.2, -0.15) is 0 Å². The normalized spacial score (nSPS) is 10.4. The summed E-state index contributed by atoms with van der Waals surface area (Å²) in [6.45, 7) is 6.11. The second kappa shape index (κ2) is 4.66. The molecule has 1 heterocycles. The first-order valence-corrected chi connectivity index (χ1v) is 5.81. The summed E-state index contributed by atoms with van der Waals surface area (Å²) in [5.41, 5.74) is 7.12. The minimum absolute atomic E-state index is 0.279. The lowest BCUT2D eigenvalue weighted by molar-refractivity contribution is 0.0953. The smallest absolute Gasteiger partial charge is 0.265 e. The maximum atomic E-state index is 11.6. The van der Waals surface area contributed by atoms with Crippen molar-refractivity contribution in [2.24, 2.45) is 5.84 Å². The predicted octanol–water partition coefficient (Wildman–Crippen LogP) is 2.01. The summed E-state index contributed by atoms with van der Waals surface area (Å²) in [4.78, 5) is 11.6. The number of amides is 1. The fourth-order valence-electron chi connectivity index (χ4n) is 2.12. The first-order valence-electron chi connectivity index (χ1n) is 5.81. The van der Waals surface area contributed by atoms with Crippen molar-refractivity contribution >= 4 is 5.91 Å². The average molecular weight is 243 g/mol. The van der Waals surface area contributed by atoms with E-state index in [1.54, 1.807) is 6.07 Å². The zero-order valence-electron chi connectivity index (χ0n) is 10.8. The summed E-state index contributed by atoms with van der Waals surface area (Å²) in [5, 5.41) is 0. The van der Waals surface area contributed by atoms with Gasteiger partial charge in [0.25, 0.3) is 5.91 Å². The number of nitrogens with one attached hydrogen (secondary N) is 1. The van der Waals surface area contributed by atoms with Crippen LogP contribution in [0.1, 0.15) is 27.3 Å². The molecule has 0 unspecified atom stereocenters. The van der Waals surface area contributed by atoms with Gasteiger partial charge in [0, 0.05) is 22.6 Å². The molecule has 4 heteroatoms. The zero-order valence-corrected chi connectivity index (χ0v) is 10.8. The van der Waals surface area contributed by atoms with Gasteiger partial charge in [0.05, 0.1) is 0 Å². The largest absolute Gasteiger partial charge is 0.318 e. The lowest BCUT2D eigenvalue weighted by atomic mass is 10.1. The number of carbonyl (C=O) groups is 1. The molecule has 4 nitrogen and oxygen atoms in total. The second-order valence-corrected chi connectivity index (χ2v) is 4.43. The van der Waals surface area contributed by atoms with E-state index in [4.69, 9.17) is 5.84 Å². The number of nitrogens with zero attached hydrogens (tertiary/aromatic N) is 1. The van der Waals surface area contributed by atoms with Gasteiger partial charge in [-0.3, -0.25) is 10.2 Å². The third-order valence-electron chi connectivity index (χ3n) is 3.11. The molecule has 0 aliphatic rings. The van der Waals surface area contributed by atoms with E-state index in [1.165, 1.54) is 0 Å². The average Bonchev–Trinajstić information content (AvgIpc) is 2.69. The van der Waals surface area contributed by atoms with E-state index in [2.05, 4.69) is 22.1 Å². The molecule has 3 N–H and O–H groups in total. The quantitative estimate of drug-likeness (QED) is 0.481. The van der Waals surface area contributed by atoms with Crippen LogP contribution < -0.4 is 11.3 Å². The predicted molar refractivity (Wildman–Crippen MR) is 71.6 cm³/mol. The maximum Gasteiger partial charge on any atom is 0.265 e. The Hall–Kier alpha value is -2.07. The highest BCUT2D eigenvalue weighted by molar-refractivity contribution is 5.94. The molecule has 0 aliphatic heterocycles. The number of nitrogens with two attached hydrogens (primary N) is 1. The molecule has 1 aromatic carbocycles. The van der Waals surface area contributed by atoms with E-state index in [1.807, 2.05) is 32.9 Å². The van der Waals surface area contributed by atoms with Crippen molar-refractivity contribution in [3.63, 3.8) is 0 Å². The number of aromatic nitrogens is 1. The van der Waals surface area contributed by atoms with Crippen LogP contribution in [0.15, 0.2) is 30.3 Å². The highest BCUT2D eigenvalue weighted by atomic mass is 16.2. The van der Waals surface area contributed by atoms with Gasteiger partial charge in [0.15, 0.2) is 0 Å². The van der Waals surface area contributed by atoms with Gasteiger partial charge < -0.3 is 4.57 Å². The van der Waals surface area contributed by atoms with Crippen LogP contribution in [0.5, 0.6) is 0 Å². The number of aryl methyl sites for hydroxylation is 3. The molecule has 0 atom stereocenters. The van der Waals surface area contributed by atoms with Gasteiger partial charge >= 0.3 is 0 Å². The van der Waals surface area contributed by atoms with Gasteiger partial charge in [0.2, 0.25) is 0 Å². The van der Waals surface area contributed by atoms with Crippen molar-refractivity contribution < 1.29 is 4.79 Å². The molecule has 2 rings (SSSR count). The summed E-state index contributed by atoms with van der Waals surface area (Å²) < 4.78 is 2.13. The highest BCUT2D eigenvalue weighted by Crippen LogP contribution is 2.21. The van der Waals surface area contributed by atoms with Gasteiger partial charge in [-0.25, -0.2) is 5.84 Å². The molecule has 1 aromatic heterocycles. The molecule has 0 aliphatic carbocycles. The molecule has 0 bridgehead atoms. The summed E-state index contributed by atoms with van der Waals surface area (Å²) in [7, 11) is 0. The van der Waals surface area contributed by atoms with Gasteiger partial charge in [-0.1, -0.05) is 6.07 Å². The van der Waals surface area contributed by atoms with Gasteiger partial charge in [-0.05, 0) is 50.6 Å². The van der Waals surface area contributed by atoms with Crippen LogP contribution in [0.2, 0.25) is 0 Å². The standard InChI is InChI=1S/C14H17N3O/c1-9-4-7-12(14(18)16-15)8-13(9)17-10(2)5-6-11(17)3/h4-8H,15H2,1-3H3,(H,16,18). The fourth-order valence-corrected chi connectivity index (χ4v) is 2.12. The number of carbonyl (C=O) groups excluding carboxylic acids is 1. The lowest BCUT2D eigenvalue weighted by Gasteiger charge is -2.14. The Labute approximate surface area is 106 Å². The van der Waals surface area contributed by atoms with Crippen LogP contribution in [-0.2, 0) is 0 Å². The Morgan fingerprint density at radius 1 is 1.11 bits per heavy atom. The summed E-state index contributed by atoms with van der Waals surface area (Å²) in [6, 6.07) is 9.68. The van der Waals surface area contributed by atoms with E-state index in [0.717, 1.165) is 22.6 Å². The number of hydrazine groups is 1. The summed E-state index contributed by atoms with van der Waals surface area (Å²) in [5.74, 6) is 4.89. The Bertz CT molecular complexity index is 580. The molecule has 0 spiro atoms. The van der Waals surface area contributed by atoms with Gasteiger partial charge in [-0.15, -0.1) is 0 Å². The Morgan fingerprint density at radius 2 is 1.72 bits per heavy atom. The second-order valence-electron chi connectivity index (χ2n) is 4.43. The van der Waals surface area contributed by atoms with Crippen molar-refractivity contribution in [2.45, 2.75) is 20.8 Å². The van der Waals surface area contributed by atoms with Crippen LogP contribution in [0.3, 0.4) is 0 Å². The van der Waals surface area contributed by atoms with Crippen LogP contribution in [0, 0.1) is 20.8 Å². The SMILES string of the molecule is Cc1ccc(C(=O)NN)cc1-n1c(C)ccc1C. The molecule has 1 amide bonds. The molecule has 0 saturated carbocycles. The maximum absolute atomic E-state index is 11.6. The molecule has 2 aromatic rings. The topological polar surface area (TPSA) is 60.1 Å². The molecule has 0 radical (unpaired) electrons. The van der Waals surface area contributed by atoms with Crippen LogP contribution in [0.4, 0.5) is 0 Å². The number of rotatable bonds is 2. The fraction of sp³-hybridized carbons (Fsp3) is 0.214. The molecule has 0 saturated heterocycles. The Balaban J connectivity index is 2.60. The van der Waals surface area contributed by atoms with E-state index in [9.17, 15) is 4.79 Å². The number of benzene rings is 1. The lowest BCUT2D eigenvalue weighted by Crippen LogP contribution is -2.30. The van der Waals surface area contributed by atoms with Crippen LogP contribution in [-0.4, -0.2) is 10.5 Å². The van der Waals surface area contributed by atoms with Crippen molar-refractivity contribution in [3.8, 4) is 5.69 Å². The van der Waals surface area contributed by atoms with Gasteiger partial charge in [0.1, 0.15) is 0 Å². The van der Waals surface area contributed by atoms with Crippen LogP contribution in [0.25, 0.3) is 5.69 Å². The molecule has 0 fully saturated rings. The monoisotopic (exact) mass is 243 g/mol. The number of hydrogen-bond acceptors (Lipinski definition) is 2. The number of nitrogen functional groups attached to an aromatic ring is 1. The summed E-state index contributed by atoms with van der Waals surface area (Å²) >= 11 is 0. The minimum atomic E-state index is -0.279. The van der Waals surface area contributed by atoms with E-state index < -0.39 is 0 Å². The van der Waals surface area contributed by atoms with E-state index >= 15 is 0 Å². The molecule has 94 valence electrons. The van der Waals surface area contributed by atoms with E-state index in [0.29, 0.717) is 5.56 Å². The van der Waals surface area contributed by atoms with Crippen molar-refractivity contribution in [1.82, 2.24) is 9.99 Å². The third-order valence-corrected chi connectivity index (χ3v) is 3.11. The van der Waals surface area contributed by atoms with Crippen molar-refractivity contribution in [3.05, 3.63) is 52.8 Å². The third kappa shape index (κ3) is 2.02. The molecular weight excluding hydrogens is 226 g/mol. The van der Waals surface area contributed by atoms with E-state index in [-0.39, 0.29) is 5.91 Å². The molecular formula is C14H17N3O. The number of hydrogen-bond donors (Lipinski definition) is 2. The minimum Gasteiger partial charge on any atom is -0.318 e. The van der Waals surface area contributed by atoms with Crippen molar-refractivity contribution in [1.29, 1.82) is 0 Å². The first kappa shape index (κ1) is 12.4. The zero-order chi connectivity index (χ0) is 13.3. The Kier molecular flexibility index (Phi) is 3.21. The highest BCUT2D eigenvalue weighted by Gasteiger charge is 2.10. The summed E-state index contributed by atoms with van der Waals surface area (Å²) in [6.07, 6.45) is 0. The molecule has 18 heavy (non-hydrogen) atoms.